The molecule has 2 N–H and O–H groups in total. The van der Waals surface area contributed by atoms with Gasteiger partial charge in [-0.2, -0.15) is 17.8 Å². The molecule has 1 aliphatic heterocycles. The van der Waals surface area contributed by atoms with Crippen LogP contribution in [0.15, 0.2) is 12.4 Å². The minimum absolute atomic E-state index is 0.0184. The average molecular weight is 350 g/mol. The van der Waals surface area contributed by atoms with Crippen LogP contribution in [0.3, 0.4) is 0 Å². The maximum Gasteiger partial charge on any atom is 0.276 e. The van der Waals surface area contributed by atoms with Crippen LogP contribution >= 0.6 is 0 Å². The standard InChI is InChI=1S/C15H22N6O2S/c1-10-4-11(2)21-13(10)14(17-9-18-21)20-7-15(8-20)5-12(6-15)19(3)24(16,22)23/h4,9,12H,5-8H2,1-3H3,(H2,16,22,23). The lowest BCUT2D eigenvalue weighted by molar-refractivity contribution is 0.0207. The Morgan fingerprint density at radius 1 is 1.33 bits per heavy atom. The van der Waals surface area contributed by atoms with Gasteiger partial charge in [-0.25, -0.2) is 14.6 Å². The molecule has 9 heteroatoms. The Balaban J connectivity index is 1.50. The SMILES string of the molecule is Cc1cc(C)n2ncnc(N3CC4(CC(N(C)S(N)(=O)=O)C4)C3)c12. The minimum Gasteiger partial charge on any atom is -0.354 e. The number of nitrogens with zero attached hydrogens (tertiary/aromatic N) is 5. The first kappa shape index (κ1) is 15.8. The quantitative estimate of drug-likeness (QED) is 0.867. The van der Waals surface area contributed by atoms with Crippen molar-refractivity contribution in [3.05, 3.63) is 23.7 Å². The maximum atomic E-state index is 11.4. The third kappa shape index (κ3) is 2.22. The Kier molecular flexibility index (Phi) is 3.23. The fourth-order valence-corrected chi connectivity index (χ4v) is 4.77. The van der Waals surface area contributed by atoms with Crippen LogP contribution in [0, 0.1) is 19.3 Å². The van der Waals surface area contributed by atoms with Crippen LogP contribution in [0.1, 0.15) is 24.1 Å². The summed E-state index contributed by atoms with van der Waals surface area (Å²) in [6.45, 7) is 5.91. The van der Waals surface area contributed by atoms with E-state index in [1.54, 1.807) is 13.4 Å². The van der Waals surface area contributed by atoms with E-state index in [2.05, 4.69) is 28.0 Å². The summed E-state index contributed by atoms with van der Waals surface area (Å²) in [5, 5.41) is 9.53. The summed E-state index contributed by atoms with van der Waals surface area (Å²) in [6.07, 6.45) is 3.31. The lowest BCUT2D eigenvalue weighted by Gasteiger charge is -2.60. The molecule has 130 valence electrons. The molecule has 0 amide bonds. The molecule has 2 aromatic rings. The second kappa shape index (κ2) is 4.90. The van der Waals surface area contributed by atoms with E-state index in [9.17, 15) is 8.42 Å². The molecule has 0 unspecified atom stereocenters. The van der Waals surface area contributed by atoms with Gasteiger partial charge < -0.3 is 4.90 Å². The summed E-state index contributed by atoms with van der Waals surface area (Å²) in [5.41, 5.74) is 3.52. The average Bonchev–Trinajstić information content (AvgIpc) is 2.70. The zero-order valence-electron chi connectivity index (χ0n) is 14.1. The molecule has 1 spiro atoms. The molecule has 3 heterocycles. The van der Waals surface area contributed by atoms with E-state index in [1.165, 1.54) is 9.87 Å². The molecular weight excluding hydrogens is 328 g/mol. The minimum atomic E-state index is -3.60. The summed E-state index contributed by atoms with van der Waals surface area (Å²) < 4.78 is 26.1. The molecular formula is C15H22N6O2S. The van der Waals surface area contributed by atoms with E-state index in [4.69, 9.17) is 5.14 Å². The molecule has 2 fully saturated rings. The topological polar surface area (TPSA) is 96.8 Å². The van der Waals surface area contributed by atoms with Gasteiger partial charge in [-0.1, -0.05) is 0 Å². The number of hydrogen-bond acceptors (Lipinski definition) is 5. The Labute approximate surface area is 141 Å². The lowest BCUT2D eigenvalue weighted by Crippen LogP contribution is -2.67. The summed E-state index contributed by atoms with van der Waals surface area (Å²) in [4.78, 5) is 6.75. The molecule has 0 radical (unpaired) electrons. The summed E-state index contributed by atoms with van der Waals surface area (Å²) in [7, 11) is -2.04. The maximum absolute atomic E-state index is 11.4. The molecule has 4 rings (SSSR count). The monoisotopic (exact) mass is 350 g/mol. The highest BCUT2D eigenvalue weighted by Crippen LogP contribution is 2.51. The zero-order chi connectivity index (χ0) is 17.3. The molecule has 0 atom stereocenters. The normalized spacial score (nSPS) is 20.6. The summed E-state index contributed by atoms with van der Waals surface area (Å²) >= 11 is 0. The fourth-order valence-electron chi connectivity index (χ4n) is 4.21. The van der Waals surface area contributed by atoms with Crippen LogP contribution in [-0.2, 0) is 10.2 Å². The van der Waals surface area contributed by atoms with Crippen LogP contribution in [0.4, 0.5) is 5.82 Å². The second-order valence-corrected chi connectivity index (χ2v) is 8.90. The van der Waals surface area contributed by atoms with Crippen LogP contribution in [-0.4, -0.2) is 53.5 Å². The van der Waals surface area contributed by atoms with Gasteiger partial charge >= 0.3 is 0 Å². The van der Waals surface area contributed by atoms with Gasteiger partial charge in [0.1, 0.15) is 11.8 Å². The Bertz CT molecular complexity index is 907. The van der Waals surface area contributed by atoms with E-state index >= 15 is 0 Å². The second-order valence-electron chi connectivity index (χ2n) is 7.29. The van der Waals surface area contributed by atoms with Gasteiger partial charge in [0.05, 0.1) is 0 Å². The third-order valence-corrected chi connectivity index (χ3v) is 6.61. The highest BCUT2D eigenvalue weighted by atomic mass is 32.2. The van der Waals surface area contributed by atoms with Crippen LogP contribution < -0.4 is 10.0 Å². The van der Waals surface area contributed by atoms with Gasteiger partial charge in [0.25, 0.3) is 10.2 Å². The zero-order valence-corrected chi connectivity index (χ0v) is 14.9. The number of anilines is 1. The number of fused-ring (bicyclic) bond motifs is 1. The summed E-state index contributed by atoms with van der Waals surface area (Å²) in [6, 6.07) is 2.13. The number of aromatic nitrogens is 3. The van der Waals surface area contributed by atoms with Gasteiger partial charge in [0.2, 0.25) is 0 Å². The summed E-state index contributed by atoms with van der Waals surface area (Å²) in [5.74, 6) is 0.962. The van der Waals surface area contributed by atoms with Crippen molar-refractivity contribution in [1.82, 2.24) is 18.9 Å². The highest BCUT2D eigenvalue weighted by molar-refractivity contribution is 7.86. The van der Waals surface area contributed by atoms with Gasteiger partial charge in [-0.3, -0.25) is 0 Å². The van der Waals surface area contributed by atoms with Gasteiger partial charge in [-0.15, -0.1) is 0 Å². The van der Waals surface area contributed by atoms with E-state index < -0.39 is 10.2 Å². The molecule has 0 bridgehead atoms. The van der Waals surface area contributed by atoms with Crippen molar-refractivity contribution in [2.45, 2.75) is 32.7 Å². The third-order valence-electron chi connectivity index (χ3n) is 5.51. The smallest absolute Gasteiger partial charge is 0.276 e. The number of hydrogen-bond donors (Lipinski definition) is 1. The Morgan fingerprint density at radius 3 is 2.62 bits per heavy atom. The first-order valence-corrected chi connectivity index (χ1v) is 9.51. The van der Waals surface area contributed by atoms with Crippen molar-refractivity contribution >= 4 is 21.5 Å². The van der Waals surface area contributed by atoms with E-state index in [0.717, 1.165) is 43.0 Å². The van der Waals surface area contributed by atoms with E-state index in [1.807, 2.05) is 11.4 Å². The van der Waals surface area contributed by atoms with Crippen LogP contribution in [0.5, 0.6) is 0 Å². The van der Waals surface area contributed by atoms with Crippen LogP contribution in [0.2, 0.25) is 0 Å². The van der Waals surface area contributed by atoms with Crippen molar-refractivity contribution < 1.29 is 8.42 Å². The Morgan fingerprint density at radius 2 is 2.00 bits per heavy atom. The predicted octanol–water partition coefficient (Wildman–Crippen LogP) is 0.450. The number of aryl methyl sites for hydroxylation is 2. The van der Waals surface area contributed by atoms with Crippen molar-refractivity contribution in [2.75, 3.05) is 25.0 Å². The first-order valence-electron chi connectivity index (χ1n) is 8.01. The largest absolute Gasteiger partial charge is 0.354 e. The van der Waals surface area contributed by atoms with Crippen LogP contribution in [0.25, 0.3) is 5.52 Å². The molecule has 1 aliphatic carbocycles. The van der Waals surface area contributed by atoms with Crippen molar-refractivity contribution in [3.63, 3.8) is 0 Å². The molecule has 2 aromatic heterocycles. The van der Waals surface area contributed by atoms with E-state index in [0.29, 0.717) is 0 Å². The lowest BCUT2D eigenvalue weighted by atomic mass is 9.60. The molecule has 8 nitrogen and oxygen atoms in total. The predicted molar refractivity (Wildman–Crippen MR) is 91.0 cm³/mol. The highest BCUT2D eigenvalue weighted by Gasteiger charge is 2.55. The molecule has 1 saturated carbocycles. The van der Waals surface area contributed by atoms with Gasteiger partial charge in [-0.05, 0) is 38.3 Å². The molecule has 1 saturated heterocycles. The van der Waals surface area contributed by atoms with Gasteiger partial charge in [0, 0.05) is 37.3 Å². The molecule has 2 aliphatic rings. The van der Waals surface area contributed by atoms with Crippen molar-refractivity contribution in [3.8, 4) is 0 Å². The first-order chi connectivity index (χ1) is 11.2. The fraction of sp³-hybridized carbons (Fsp3) is 0.600. The number of rotatable bonds is 3. The molecule has 24 heavy (non-hydrogen) atoms. The van der Waals surface area contributed by atoms with E-state index in [-0.39, 0.29) is 11.5 Å². The van der Waals surface area contributed by atoms with Crippen molar-refractivity contribution in [1.29, 1.82) is 0 Å². The van der Waals surface area contributed by atoms with Gasteiger partial charge in [0.15, 0.2) is 5.82 Å². The Hall–Kier alpha value is -1.71. The van der Waals surface area contributed by atoms with Crippen molar-refractivity contribution in [2.24, 2.45) is 10.6 Å². The number of nitrogens with two attached hydrogens (primary N) is 1. The molecule has 0 aromatic carbocycles.